The van der Waals surface area contributed by atoms with Crippen molar-refractivity contribution in [1.29, 1.82) is 0 Å². The van der Waals surface area contributed by atoms with Crippen LogP contribution in [-0.2, 0) is 6.42 Å². The summed E-state index contributed by atoms with van der Waals surface area (Å²) in [5.41, 5.74) is -3.30. The smallest absolute Gasteiger partial charge is 0.317 e. The minimum atomic E-state index is -4.22. The minimum absolute atomic E-state index is 0.0708. The van der Waals surface area contributed by atoms with E-state index in [9.17, 15) is 13.2 Å². The largest absolute Gasteiger partial charge is 0.446 e. The highest BCUT2D eigenvalue weighted by atomic mass is 32.2. The molecule has 0 radical (unpaired) electrons. The number of thioether (sulfide) groups is 1. The van der Waals surface area contributed by atoms with Crippen molar-refractivity contribution in [3.8, 4) is 0 Å². The summed E-state index contributed by atoms with van der Waals surface area (Å²) in [6, 6.07) is 6.82. The van der Waals surface area contributed by atoms with Crippen LogP contribution in [0.2, 0.25) is 0 Å². The fraction of sp³-hybridized carbons (Fsp3) is 0.455. The van der Waals surface area contributed by atoms with E-state index in [1.54, 1.807) is 12.1 Å². The first-order valence-corrected chi connectivity index (χ1v) is 5.74. The topological polar surface area (TPSA) is 12.0 Å². The second-order valence-electron chi connectivity index (χ2n) is 3.59. The lowest BCUT2D eigenvalue weighted by molar-refractivity contribution is -0.0328. The van der Waals surface area contributed by atoms with E-state index in [0.717, 1.165) is 12.0 Å². The van der Waals surface area contributed by atoms with Gasteiger partial charge in [0, 0.05) is 10.9 Å². The number of likely N-dealkylation sites (N-methyl/N-ethyl adjacent to an activating group) is 1. The van der Waals surface area contributed by atoms with Gasteiger partial charge in [0.05, 0.1) is 0 Å². The molecule has 1 aromatic rings. The van der Waals surface area contributed by atoms with Gasteiger partial charge in [0.15, 0.2) is 0 Å². The molecule has 0 aromatic heterocycles. The fourth-order valence-electron chi connectivity index (χ4n) is 1.33. The van der Waals surface area contributed by atoms with Crippen LogP contribution in [0.25, 0.3) is 0 Å². The van der Waals surface area contributed by atoms with E-state index < -0.39 is 5.51 Å². The number of hydrogen-bond donors (Lipinski definition) is 1. The first kappa shape index (κ1) is 13.4. The highest BCUT2D eigenvalue weighted by Crippen LogP contribution is 2.36. The molecule has 0 aliphatic carbocycles. The van der Waals surface area contributed by atoms with E-state index in [2.05, 4.69) is 5.32 Å². The van der Waals surface area contributed by atoms with Crippen LogP contribution in [0.5, 0.6) is 0 Å². The van der Waals surface area contributed by atoms with E-state index in [1.165, 1.54) is 6.07 Å². The summed E-state index contributed by atoms with van der Waals surface area (Å²) in [6.07, 6.45) is 0.725. The van der Waals surface area contributed by atoms with Crippen LogP contribution >= 0.6 is 11.8 Å². The molecule has 1 nitrogen and oxygen atoms in total. The Bertz CT molecular complexity index is 338. The number of rotatable bonds is 4. The lowest BCUT2D eigenvalue weighted by Crippen LogP contribution is -2.23. The average molecular weight is 249 g/mol. The first-order chi connectivity index (χ1) is 7.40. The third kappa shape index (κ3) is 4.90. The molecule has 1 rings (SSSR count). The molecule has 90 valence electrons. The molecule has 1 aromatic carbocycles. The average Bonchev–Trinajstić information content (AvgIpc) is 2.15. The number of halogens is 3. The van der Waals surface area contributed by atoms with Gasteiger partial charge in [-0.3, -0.25) is 0 Å². The molecule has 0 amide bonds. The van der Waals surface area contributed by atoms with Gasteiger partial charge >= 0.3 is 5.51 Å². The maximum Gasteiger partial charge on any atom is 0.446 e. The van der Waals surface area contributed by atoms with Crippen LogP contribution in [0.4, 0.5) is 13.2 Å². The Morgan fingerprint density at radius 1 is 1.38 bits per heavy atom. The van der Waals surface area contributed by atoms with Crippen LogP contribution < -0.4 is 5.32 Å². The second-order valence-corrected chi connectivity index (χ2v) is 4.73. The minimum Gasteiger partial charge on any atom is -0.317 e. The standard InChI is InChI=1S/C11H14F3NS/c1-8(15-2)6-9-4-3-5-10(7-9)16-11(12,13)14/h3-5,7-8,15H,6H2,1-2H3. The maximum atomic E-state index is 12.2. The Balaban J connectivity index is 2.71. The van der Waals surface area contributed by atoms with Gasteiger partial charge in [-0.25, -0.2) is 0 Å². The predicted octanol–water partition coefficient (Wildman–Crippen LogP) is 3.45. The summed E-state index contributed by atoms with van der Waals surface area (Å²) in [5, 5.41) is 3.05. The molecule has 0 heterocycles. The normalized spacial score (nSPS) is 13.8. The second kappa shape index (κ2) is 5.59. The monoisotopic (exact) mass is 249 g/mol. The van der Waals surface area contributed by atoms with Gasteiger partial charge in [0.25, 0.3) is 0 Å². The summed E-state index contributed by atoms with van der Waals surface area (Å²) in [4.78, 5) is 0.244. The number of alkyl halides is 3. The zero-order valence-corrected chi connectivity index (χ0v) is 9.95. The van der Waals surface area contributed by atoms with Gasteiger partial charge in [-0.1, -0.05) is 12.1 Å². The molecule has 16 heavy (non-hydrogen) atoms. The van der Waals surface area contributed by atoms with E-state index in [-0.39, 0.29) is 22.7 Å². The maximum absolute atomic E-state index is 12.2. The van der Waals surface area contributed by atoms with Crippen molar-refractivity contribution < 1.29 is 13.2 Å². The lowest BCUT2D eigenvalue weighted by Gasteiger charge is -2.11. The van der Waals surface area contributed by atoms with E-state index in [0.29, 0.717) is 0 Å². The number of hydrogen-bond acceptors (Lipinski definition) is 2. The van der Waals surface area contributed by atoms with Crippen LogP contribution in [-0.4, -0.2) is 18.6 Å². The Morgan fingerprint density at radius 2 is 2.06 bits per heavy atom. The summed E-state index contributed by atoms with van der Waals surface area (Å²) in [7, 11) is 1.83. The molecule has 0 saturated heterocycles. The molecule has 0 spiro atoms. The molecule has 5 heteroatoms. The summed E-state index contributed by atoms with van der Waals surface area (Å²) in [5.74, 6) is 0. The van der Waals surface area contributed by atoms with E-state index >= 15 is 0 Å². The van der Waals surface area contributed by atoms with Gasteiger partial charge in [0.2, 0.25) is 0 Å². The highest BCUT2D eigenvalue weighted by Gasteiger charge is 2.29. The molecule has 0 saturated carbocycles. The molecule has 1 unspecified atom stereocenters. The molecule has 0 bridgehead atoms. The Hall–Kier alpha value is -0.680. The van der Waals surface area contributed by atoms with Crippen LogP contribution in [0, 0.1) is 0 Å². The van der Waals surface area contributed by atoms with Crippen LogP contribution in [0.15, 0.2) is 29.2 Å². The van der Waals surface area contributed by atoms with Gasteiger partial charge in [-0.2, -0.15) is 13.2 Å². The van der Waals surface area contributed by atoms with Gasteiger partial charge in [-0.05, 0) is 49.9 Å². The lowest BCUT2D eigenvalue weighted by atomic mass is 10.1. The summed E-state index contributed by atoms with van der Waals surface area (Å²) >= 11 is -0.0708. The van der Waals surface area contributed by atoms with Crippen molar-refractivity contribution >= 4 is 11.8 Å². The SMILES string of the molecule is CNC(C)Cc1cccc(SC(F)(F)F)c1. The highest BCUT2D eigenvalue weighted by molar-refractivity contribution is 8.00. The third-order valence-electron chi connectivity index (χ3n) is 2.17. The van der Waals surface area contributed by atoms with Crippen LogP contribution in [0.1, 0.15) is 12.5 Å². The summed E-state index contributed by atoms with van der Waals surface area (Å²) in [6.45, 7) is 1.99. The van der Waals surface area contributed by atoms with Gasteiger partial charge < -0.3 is 5.32 Å². The Morgan fingerprint density at radius 3 is 2.62 bits per heavy atom. The summed E-state index contributed by atoms with van der Waals surface area (Å²) < 4.78 is 36.5. The van der Waals surface area contributed by atoms with Crippen molar-refractivity contribution in [2.75, 3.05) is 7.05 Å². The molecule has 1 N–H and O–H groups in total. The fourth-order valence-corrected chi connectivity index (χ4v) is 1.95. The van der Waals surface area contributed by atoms with Crippen molar-refractivity contribution in [3.05, 3.63) is 29.8 Å². The molecule has 0 fully saturated rings. The van der Waals surface area contributed by atoms with E-state index in [1.807, 2.05) is 20.0 Å². The Labute approximate surface area is 97.4 Å². The molecular weight excluding hydrogens is 235 g/mol. The Kier molecular flexibility index (Phi) is 4.68. The van der Waals surface area contributed by atoms with Crippen molar-refractivity contribution in [1.82, 2.24) is 5.32 Å². The van der Waals surface area contributed by atoms with E-state index in [4.69, 9.17) is 0 Å². The molecular formula is C11H14F3NS. The zero-order valence-electron chi connectivity index (χ0n) is 9.14. The number of benzene rings is 1. The molecule has 0 aliphatic rings. The van der Waals surface area contributed by atoms with Crippen molar-refractivity contribution in [3.63, 3.8) is 0 Å². The van der Waals surface area contributed by atoms with Gasteiger partial charge in [0.1, 0.15) is 0 Å². The van der Waals surface area contributed by atoms with Crippen molar-refractivity contribution in [2.24, 2.45) is 0 Å². The molecule has 1 atom stereocenters. The predicted molar refractivity (Wildman–Crippen MR) is 60.6 cm³/mol. The van der Waals surface area contributed by atoms with Gasteiger partial charge in [-0.15, -0.1) is 0 Å². The first-order valence-electron chi connectivity index (χ1n) is 4.92. The quantitative estimate of drug-likeness (QED) is 0.820. The zero-order chi connectivity index (χ0) is 12.2. The molecule has 0 aliphatic heterocycles. The third-order valence-corrected chi connectivity index (χ3v) is 2.89. The van der Waals surface area contributed by atoms with Crippen LogP contribution in [0.3, 0.4) is 0 Å². The van der Waals surface area contributed by atoms with Crippen molar-refractivity contribution in [2.45, 2.75) is 29.8 Å². The number of nitrogens with one attached hydrogen (secondary N) is 1.